The summed E-state index contributed by atoms with van der Waals surface area (Å²) in [5, 5.41) is 3.65. The fourth-order valence-electron chi connectivity index (χ4n) is 2.86. The van der Waals surface area contributed by atoms with E-state index in [1.54, 1.807) is 12.1 Å². The minimum atomic E-state index is -0.0987. The lowest BCUT2D eigenvalue weighted by molar-refractivity contribution is 0.379. The Morgan fingerprint density at radius 1 is 0.952 bits per heavy atom. The summed E-state index contributed by atoms with van der Waals surface area (Å²) in [5.74, 6) is -0.0987. The Labute approximate surface area is 130 Å². The molecule has 0 aliphatic rings. The van der Waals surface area contributed by atoms with Gasteiger partial charge in [0, 0.05) is 17.6 Å². The van der Waals surface area contributed by atoms with Crippen LogP contribution in [0.1, 0.15) is 83.7 Å². The highest BCUT2D eigenvalue weighted by Crippen LogP contribution is 2.20. The van der Waals surface area contributed by atoms with Gasteiger partial charge in [-0.3, -0.25) is 0 Å². The highest BCUT2D eigenvalue weighted by atomic mass is 19.1. The van der Waals surface area contributed by atoms with Crippen LogP contribution >= 0.6 is 0 Å². The summed E-state index contributed by atoms with van der Waals surface area (Å²) in [5.41, 5.74) is 0.786. The average molecular weight is 293 g/mol. The van der Waals surface area contributed by atoms with Crippen LogP contribution in [-0.4, -0.2) is 6.04 Å². The average Bonchev–Trinajstić information content (AvgIpc) is 2.48. The zero-order valence-electron chi connectivity index (χ0n) is 14.0. The molecular formula is C19H32FN. The molecule has 1 N–H and O–H groups in total. The molecule has 2 heteroatoms. The lowest BCUT2D eigenvalue weighted by Crippen LogP contribution is -2.32. The van der Waals surface area contributed by atoms with Crippen molar-refractivity contribution in [1.82, 2.24) is 5.32 Å². The Balaban J connectivity index is 2.54. The van der Waals surface area contributed by atoms with Crippen LogP contribution in [0.15, 0.2) is 24.3 Å². The zero-order chi connectivity index (χ0) is 15.5. The minimum absolute atomic E-state index is 0.0828. The maximum Gasteiger partial charge on any atom is 0.127 e. The van der Waals surface area contributed by atoms with Crippen LogP contribution in [0, 0.1) is 5.82 Å². The molecule has 1 aromatic carbocycles. The standard InChI is InChI=1S/C19H32FN/c1-4-6-8-12-17(13-9-7-5-2)21-16(3)18-14-10-11-15-19(18)20/h10-11,14-17,21H,4-9,12-13H2,1-3H3. The molecule has 0 saturated heterocycles. The van der Waals surface area contributed by atoms with E-state index in [1.807, 2.05) is 12.1 Å². The fourth-order valence-corrected chi connectivity index (χ4v) is 2.86. The van der Waals surface area contributed by atoms with E-state index >= 15 is 0 Å². The van der Waals surface area contributed by atoms with Gasteiger partial charge in [-0.15, -0.1) is 0 Å². The summed E-state index contributed by atoms with van der Waals surface area (Å²) in [7, 11) is 0. The molecule has 0 radical (unpaired) electrons. The number of halogens is 1. The van der Waals surface area contributed by atoms with Gasteiger partial charge in [-0.1, -0.05) is 70.6 Å². The highest BCUT2D eigenvalue weighted by Gasteiger charge is 2.15. The molecule has 0 aliphatic carbocycles. The number of benzene rings is 1. The molecule has 0 amide bonds. The predicted octanol–water partition coefficient (Wildman–Crippen LogP) is 6.01. The Hall–Kier alpha value is -0.890. The molecule has 21 heavy (non-hydrogen) atoms. The van der Waals surface area contributed by atoms with Crippen molar-refractivity contribution in [2.24, 2.45) is 0 Å². The third-order valence-corrected chi connectivity index (χ3v) is 4.17. The summed E-state index contributed by atoms with van der Waals surface area (Å²) in [6.07, 6.45) is 10.0. The molecule has 0 spiro atoms. The molecule has 0 fully saturated rings. The monoisotopic (exact) mass is 293 g/mol. The second kappa shape index (κ2) is 10.8. The van der Waals surface area contributed by atoms with Gasteiger partial charge in [0.2, 0.25) is 0 Å². The van der Waals surface area contributed by atoms with Gasteiger partial charge in [-0.2, -0.15) is 0 Å². The highest BCUT2D eigenvalue weighted by molar-refractivity contribution is 5.20. The summed E-state index contributed by atoms with van der Waals surface area (Å²) in [4.78, 5) is 0. The third kappa shape index (κ3) is 7.08. The van der Waals surface area contributed by atoms with E-state index in [9.17, 15) is 4.39 Å². The van der Waals surface area contributed by atoms with E-state index in [2.05, 4.69) is 26.1 Å². The van der Waals surface area contributed by atoms with Gasteiger partial charge in [0.15, 0.2) is 0 Å². The van der Waals surface area contributed by atoms with Gasteiger partial charge in [0.05, 0.1) is 0 Å². The molecule has 1 aromatic rings. The second-order valence-electron chi connectivity index (χ2n) is 6.10. The number of hydrogen-bond acceptors (Lipinski definition) is 1. The zero-order valence-corrected chi connectivity index (χ0v) is 14.0. The SMILES string of the molecule is CCCCCC(CCCCC)NC(C)c1ccccc1F. The molecule has 1 nitrogen and oxygen atoms in total. The van der Waals surface area contributed by atoms with Gasteiger partial charge in [0.25, 0.3) is 0 Å². The van der Waals surface area contributed by atoms with Crippen molar-refractivity contribution in [3.63, 3.8) is 0 Å². The van der Waals surface area contributed by atoms with E-state index < -0.39 is 0 Å². The van der Waals surface area contributed by atoms with Crippen molar-refractivity contribution in [2.45, 2.75) is 84.2 Å². The number of unbranched alkanes of at least 4 members (excludes halogenated alkanes) is 4. The van der Waals surface area contributed by atoms with Crippen LogP contribution in [0.25, 0.3) is 0 Å². The first kappa shape index (κ1) is 18.2. The van der Waals surface area contributed by atoms with Gasteiger partial charge in [0.1, 0.15) is 5.82 Å². The van der Waals surface area contributed by atoms with Crippen molar-refractivity contribution in [3.05, 3.63) is 35.6 Å². The molecule has 0 saturated carbocycles. The lowest BCUT2D eigenvalue weighted by atomic mass is 9.99. The van der Waals surface area contributed by atoms with Gasteiger partial charge < -0.3 is 5.32 Å². The Bertz CT molecular complexity index is 368. The fraction of sp³-hybridized carbons (Fsp3) is 0.684. The van der Waals surface area contributed by atoms with Crippen molar-refractivity contribution >= 4 is 0 Å². The van der Waals surface area contributed by atoms with E-state index in [1.165, 1.54) is 51.4 Å². The van der Waals surface area contributed by atoms with E-state index in [4.69, 9.17) is 0 Å². The molecule has 0 aromatic heterocycles. The molecular weight excluding hydrogens is 261 g/mol. The number of rotatable bonds is 11. The van der Waals surface area contributed by atoms with Crippen LogP contribution in [-0.2, 0) is 0 Å². The molecule has 0 bridgehead atoms. The largest absolute Gasteiger partial charge is 0.307 e. The molecule has 120 valence electrons. The summed E-state index contributed by atoms with van der Waals surface area (Å²) < 4.78 is 13.9. The van der Waals surface area contributed by atoms with Crippen molar-refractivity contribution in [2.75, 3.05) is 0 Å². The predicted molar refractivity (Wildman–Crippen MR) is 90.0 cm³/mol. The molecule has 0 aliphatic heterocycles. The molecule has 1 unspecified atom stereocenters. The van der Waals surface area contributed by atoms with Crippen LogP contribution in [0.4, 0.5) is 4.39 Å². The van der Waals surface area contributed by atoms with Crippen LogP contribution in [0.5, 0.6) is 0 Å². The topological polar surface area (TPSA) is 12.0 Å². The summed E-state index contributed by atoms with van der Waals surface area (Å²) in [6, 6.07) is 7.71. The van der Waals surface area contributed by atoms with Crippen molar-refractivity contribution in [1.29, 1.82) is 0 Å². The second-order valence-corrected chi connectivity index (χ2v) is 6.10. The Morgan fingerprint density at radius 3 is 2.05 bits per heavy atom. The molecule has 1 rings (SSSR count). The lowest BCUT2D eigenvalue weighted by Gasteiger charge is -2.24. The van der Waals surface area contributed by atoms with Crippen molar-refractivity contribution in [3.8, 4) is 0 Å². The van der Waals surface area contributed by atoms with Gasteiger partial charge >= 0.3 is 0 Å². The Kier molecular flexibility index (Phi) is 9.32. The first-order valence-corrected chi connectivity index (χ1v) is 8.69. The smallest absolute Gasteiger partial charge is 0.127 e. The maximum absolute atomic E-state index is 13.9. The first-order chi connectivity index (χ1) is 10.2. The third-order valence-electron chi connectivity index (χ3n) is 4.17. The quantitative estimate of drug-likeness (QED) is 0.493. The maximum atomic E-state index is 13.9. The minimum Gasteiger partial charge on any atom is -0.307 e. The van der Waals surface area contributed by atoms with E-state index in [-0.39, 0.29) is 11.9 Å². The number of nitrogens with one attached hydrogen (secondary N) is 1. The van der Waals surface area contributed by atoms with E-state index in [0.29, 0.717) is 6.04 Å². The first-order valence-electron chi connectivity index (χ1n) is 8.69. The normalized spacial score (nSPS) is 12.8. The Morgan fingerprint density at radius 2 is 1.52 bits per heavy atom. The van der Waals surface area contributed by atoms with Gasteiger partial charge in [-0.25, -0.2) is 4.39 Å². The van der Waals surface area contributed by atoms with Crippen molar-refractivity contribution < 1.29 is 4.39 Å². The molecule has 0 heterocycles. The van der Waals surface area contributed by atoms with Crippen LogP contribution in [0.3, 0.4) is 0 Å². The summed E-state index contributed by atoms with van der Waals surface area (Å²) in [6.45, 7) is 6.55. The number of hydrogen-bond donors (Lipinski definition) is 1. The van der Waals surface area contributed by atoms with Gasteiger partial charge in [-0.05, 0) is 25.8 Å². The van der Waals surface area contributed by atoms with Crippen LogP contribution < -0.4 is 5.32 Å². The molecule has 1 atom stereocenters. The van der Waals surface area contributed by atoms with E-state index in [0.717, 1.165) is 5.56 Å². The summed E-state index contributed by atoms with van der Waals surface area (Å²) >= 11 is 0. The van der Waals surface area contributed by atoms with Crippen LogP contribution in [0.2, 0.25) is 0 Å².